The van der Waals surface area contributed by atoms with Crippen LogP contribution in [-0.4, -0.2) is 20.4 Å². The van der Waals surface area contributed by atoms with Gasteiger partial charge in [-0.2, -0.15) is 4.40 Å². The van der Waals surface area contributed by atoms with Crippen molar-refractivity contribution in [1.29, 1.82) is 0 Å². The fourth-order valence-electron chi connectivity index (χ4n) is 1.02. The summed E-state index contributed by atoms with van der Waals surface area (Å²) in [5.41, 5.74) is 6.74. The van der Waals surface area contributed by atoms with E-state index < -0.39 is 10.0 Å². The molecule has 1 unspecified atom stereocenters. The Hall–Kier alpha value is -0.520. The average molecular weight is 273 g/mol. The van der Waals surface area contributed by atoms with Crippen LogP contribution in [0.3, 0.4) is 0 Å². The highest BCUT2D eigenvalue weighted by atomic mass is 35.5. The van der Waals surface area contributed by atoms with E-state index in [4.69, 9.17) is 5.73 Å². The molecule has 0 saturated carbocycles. The number of nitrogens with two attached hydrogens (primary N) is 1. The minimum absolute atomic E-state index is 0. The molecular weight excluding hydrogens is 259 g/mol. The minimum Gasteiger partial charge on any atom is -0.401 e. The maximum absolute atomic E-state index is 10.9. The van der Waals surface area contributed by atoms with Crippen LogP contribution in [0.15, 0.2) is 28.3 Å². The summed E-state index contributed by atoms with van der Waals surface area (Å²) >= 11 is 0. The van der Waals surface area contributed by atoms with Gasteiger partial charge >= 0.3 is 0 Å². The van der Waals surface area contributed by atoms with Gasteiger partial charge < -0.3 is 5.73 Å². The molecule has 7 heteroatoms. The van der Waals surface area contributed by atoms with Gasteiger partial charge in [0.1, 0.15) is 0 Å². The number of hydrogen-bond acceptors (Lipinski definition) is 3. The Morgan fingerprint density at radius 2 is 1.93 bits per heavy atom. The molecule has 0 aliphatic heterocycles. The molecule has 0 aromatic rings. The van der Waals surface area contributed by atoms with Gasteiger partial charge in [0.05, 0.1) is 12.0 Å². The lowest BCUT2D eigenvalue weighted by molar-refractivity contribution is 0.603. The SMILES string of the molecule is CC1C(N)=CC=CC1=NS(C)(=O)=O.Cl.Cl. The fraction of sp³-hybridized carbons (Fsp3) is 0.375. The number of halogens is 2. The Morgan fingerprint density at radius 3 is 2.40 bits per heavy atom. The summed E-state index contributed by atoms with van der Waals surface area (Å²) in [5.74, 6) is -0.125. The summed E-state index contributed by atoms with van der Waals surface area (Å²) in [4.78, 5) is 0. The van der Waals surface area contributed by atoms with Crippen LogP contribution in [0.25, 0.3) is 0 Å². The molecule has 0 aromatic heterocycles. The van der Waals surface area contributed by atoms with E-state index in [1.165, 1.54) is 0 Å². The van der Waals surface area contributed by atoms with Crippen molar-refractivity contribution in [3.05, 3.63) is 23.9 Å². The van der Waals surface area contributed by atoms with Crippen LogP contribution in [0.4, 0.5) is 0 Å². The largest absolute Gasteiger partial charge is 0.401 e. The Bertz CT molecular complexity index is 399. The molecule has 0 aromatic carbocycles. The van der Waals surface area contributed by atoms with E-state index in [9.17, 15) is 8.42 Å². The number of allylic oxidation sites excluding steroid dienone is 4. The molecule has 0 bridgehead atoms. The fourth-order valence-corrected chi connectivity index (χ4v) is 1.62. The summed E-state index contributed by atoms with van der Waals surface area (Å²) in [6.45, 7) is 1.82. The predicted octanol–water partition coefficient (Wildman–Crippen LogP) is 1.28. The van der Waals surface area contributed by atoms with Crippen LogP contribution in [0.5, 0.6) is 0 Å². The normalized spacial score (nSPS) is 22.7. The van der Waals surface area contributed by atoms with Gasteiger partial charge in [0, 0.05) is 11.6 Å². The Balaban J connectivity index is 0. The number of hydrogen-bond donors (Lipinski definition) is 1. The molecule has 15 heavy (non-hydrogen) atoms. The molecule has 0 heterocycles. The topological polar surface area (TPSA) is 72.5 Å². The van der Waals surface area contributed by atoms with Crippen molar-refractivity contribution in [2.75, 3.05) is 6.26 Å². The third-order valence-electron chi connectivity index (χ3n) is 1.77. The first-order chi connectivity index (χ1) is 5.90. The second-order valence-electron chi connectivity index (χ2n) is 3.00. The van der Waals surface area contributed by atoms with Crippen molar-refractivity contribution >= 4 is 40.5 Å². The molecular formula is C8H14Cl2N2O2S. The summed E-state index contributed by atoms with van der Waals surface area (Å²) in [7, 11) is -3.33. The predicted molar refractivity (Wildman–Crippen MR) is 67.3 cm³/mol. The smallest absolute Gasteiger partial charge is 0.250 e. The Kier molecular flexibility index (Phi) is 6.92. The molecule has 1 rings (SSSR count). The van der Waals surface area contributed by atoms with Gasteiger partial charge in [-0.05, 0) is 12.2 Å². The Morgan fingerprint density at radius 1 is 1.40 bits per heavy atom. The van der Waals surface area contributed by atoms with E-state index in [1.54, 1.807) is 18.2 Å². The lowest BCUT2D eigenvalue weighted by Gasteiger charge is -2.14. The molecule has 0 amide bonds. The first-order valence-electron chi connectivity index (χ1n) is 3.84. The van der Waals surface area contributed by atoms with E-state index in [-0.39, 0.29) is 30.7 Å². The van der Waals surface area contributed by atoms with Gasteiger partial charge in [-0.3, -0.25) is 0 Å². The minimum atomic E-state index is -3.33. The highest BCUT2D eigenvalue weighted by Crippen LogP contribution is 2.14. The molecule has 88 valence electrons. The van der Waals surface area contributed by atoms with Crippen molar-refractivity contribution in [2.45, 2.75) is 6.92 Å². The highest BCUT2D eigenvalue weighted by Gasteiger charge is 2.15. The molecule has 0 saturated heterocycles. The number of sulfonamides is 1. The third kappa shape index (κ3) is 5.20. The van der Waals surface area contributed by atoms with Crippen LogP contribution in [0.1, 0.15) is 6.92 Å². The van der Waals surface area contributed by atoms with Crippen LogP contribution in [-0.2, 0) is 10.0 Å². The van der Waals surface area contributed by atoms with E-state index in [0.29, 0.717) is 11.4 Å². The van der Waals surface area contributed by atoms with Crippen LogP contribution < -0.4 is 5.73 Å². The zero-order valence-corrected chi connectivity index (χ0v) is 10.8. The molecule has 4 nitrogen and oxygen atoms in total. The van der Waals surface area contributed by atoms with Crippen molar-refractivity contribution in [3.63, 3.8) is 0 Å². The lowest BCUT2D eigenvalue weighted by atomic mass is 9.98. The summed E-state index contributed by atoms with van der Waals surface area (Å²) in [6.07, 6.45) is 6.16. The van der Waals surface area contributed by atoms with Crippen molar-refractivity contribution < 1.29 is 8.42 Å². The lowest BCUT2D eigenvalue weighted by Crippen LogP contribution is -2.20. The summed E-state index contributed by atoms with van der Waals surface area (Å²) < 4.78 is 25.3. The molecule has 0 radical (unpaired) electrons. The molecule has 1 atom stereocenters. The molecule has 0 fully saturated rings. The standard InChI is InChI=1S/C8H12N2O2S.2ClH/c1-6-7(9)4-3-5-8(6)10-13(2,11)12;;/h3-6H,9H2,1-2H3;2*1H. The second kappa shape index (κ2) is 6.15. The van der Waals surface area contributed by atoms with E-state index in [0.717, 1.165) is 6.26 Å². The molecule has 0 spiro atoms. The quantitative estimate of drug-likeness (QED) is 0.782. The summed E-state index contributed by atoms with van der Waals surface area (Å²) in [6, 6.07) is 0. The van der Waals surface area contributed by atoms with Gasteiger partial charge in [0.2, 0.25) is 10.0 Å². The van der Waals surface area contributed by atoms with Crippen LogP contribution >= 0.6 is 24.8 Å². The van der Waals surface area contributed by atoms with Gasteiger partial charge in [-0.25, -0.2) is 8.42 Å². The maximum atomic E-state index is 10.9. The zero-order valence-electron chi connectivity index (χ0n) is 8.38. The first-order valence-corrected chi connectivity index (χ1v) is 5.68. The van der Waals surface area contributed by atoms with E-state index in [1.807, 2.05) is 6.92 Å². The van der Waals surface area contributed by atoms with Gasteiger partial charge in [0.25, 0.3) is 0 Å². The van der Waals surface area contributed by atoms with Crippen molar-refractivity contribution in [1.82, 2.24) is 0 Å². The van der Waals surface area contributed by atoms with Gasteiger partial charge in [-0.1, -0.05) is 13.0 Å². The average Bonchev–Trinajstić information content (AvgIpc) is 1.96. The maximum Gasteiger partial charge on any atom is 0.250 e. The molecule has 1 aliphatic rings. The zero-order chi connectivity index (χ0) is 10.1. The van der Waals surface area contributed by atoms with Gasteiger partial charge in [-0.15, -0.1) is 24.8 Å². The van der Waals surface area contributed by atoms with Crippen LogP contribution in [0.2, 0.25) is 0 Å². The highest BCUT2D eigenvalue weighted by molar-refractivity contribution is 7.89. The van der Waals surface area contributed by atoms with Crippen molar-refractivity contribution in [2.24, 2.45) is 16.0 Å². The number of rotatable bonds is 1. The number of nitrogens with zero attached hydrogens (tertiary/aromatic N) is 1. The van der Waals surface area contributed by atoms with E-state index >= 15 is 0 Å². The monoisotopic (exact) mass is 272 g/mol. The first kappa shape index (κ1) is 16.9. The molecule has 2 N–H and O–H groups in total. The van der Waals surface area contributed by atoms with Crippen molar-refractivity contribution in [3.8, 4) is 0 Å². The second-order valence-corrected chi connectivity index (χ2v) is 4.65. The Labute approximate surface area is 102 Å². The molecule has 1 aliphatic carbocycles. The van der Waals surface area contributed by atoms with E-state index in [2.05, 4.69) is 4.40 Å². The van der Waals surface area contributed by atoms with Gasteiger partial charge in [0.15, 0.2) is 0 Å². The third-order valence-corrected chi connectivity index (χ3v) is 2.31. The van der Waals surface area contributed by atoms with Crippen LogP contribution in [0, 0.1) is 5.92 Å². The summed E-state index contributed by atoms with van der Waals surface area (Å²) in [5, 5.41) is 0.